The Bertz CT molecular complexity index is 496. The number of amides is 1. The molecule has 1 aliphatic rings. The number of H-pyrrole nitrogens is 1. The molecule has 0 aliphatic heterocycles. The molecule has 0 spiro atoms. The molecule has 20 heavy (non-hydrogen) atoms. The van der Waals surface area contributed by atoms with E-state index >= 15 is 0 Å². The van der Waals surface area contributed by atoms with Gasteiger partial charge in [0.25, 0.3) is 0 Å². The third kappa shape index (κ3) is 2.96. The van der Waals surface area contributed by atoms with Crippen molar-refractivity contribution < 1.29 is 18.0 Å². The summed E-state index contributed by atoms with van der Waals surface area (Å²) >= 11 is 0. The van der Waals surface area contributed by atoms with Gasteiger partial charge in [-0.15, -0.1) is 0 Å². The minimum Gasteiger partial charge on any atom is -0.309 e. The average Bonchev–Trinajstić information content (AvgIpc) is 2.70. The number of aromatic amines is 1. The maximum Gasteiger partial charge on any atom is 0.392 e. The largest absolute Gasteiger partial charge is 0.392 e. The molecule has 112 valence electrons. The lowest BCUT2D eigenvalue weighted by molar-refractivity contribution is -0.197. The van der Waals surface area contributed by atoms with Crippen molar-refractivity contribution in [2.75, 3.05) is 5.32 Å². The summed E-state index contributed by atoms with van der Waals surface area (Å²) < 4.78 is 38.9. The molecule has 2 rings (SSSR count). The molecule has 0 aromatic carbocycles. The van der Waals surface area contributed by atoms with E-state index < -0.39 is 23.9 Å². The molecule has 1 aromatic rings. The van der Waals surface area contributed by atoms with Gasteiger partial charge in [-0.3, -0.25) is 9.89 Å². The summed E-state index contributed by atoms with van der Waals surface area (Å²) in [5.74, 6) is -2.82. The lowest BCUT2D eigenvalue weighted by Crippen LogP contribution is -2.39. The molecule has 0 bridgehead atoms. The summed E-state index contributed by atoms with van der Waals surface area (Å²) in [6.45, 7) is 3.55. The molecule has 1 aromatic heterocycles. The second-order valence-electron chi connectivity index (χ2n) is 5.35. The fourth-order valence-electron chi connectivity index (χ4n) is 2.65. The lowest BCUT2D eigenvalue weighted by atomic mass is 9.78. The number of rotatable bonds is 2. The molecule has 4 nitrogen and oxygen atoms in total. The van der Waals surface area contributed by atoms with Gasteiger partial charge in [-0.05, 0) is 26.7 Å². The first-order chi connectivity index (χ1) is 9.30. The van der Waals surface area contributed by atoms with Crippen molar-refractivity contribution in [3.8, 4) is 0 Å². The first-order valence-electron chi connectivity index (χ1n) is 6.70. The number of hydrogen-bond donors (Lipinski definition) is 2. The van der Waals surface area contributed by atoms with E-state index in [9.17, 15) is 18.0 Å². The van der Waals surface area contributed by atoms with Crippen LogP contribution in [0.5, 0.6) is 0 Å². The zero-order chi connectivity index (χ0) is 14.9. The number of halogens is 3. The van der Waals surface area contributed by atoms with Crippen LogP contribution in [0.2, 0.25) is 0 Å². The van der Waals surface area contributed by atoms with E-state index in [4.69, 9.17) is 0 Å². The number of carbonyl (C=O) groups excluding carboxylic acids is 1. The highest BCUT2D eigenvalue weighted by Crippen LogP contribution is 2.41. The highest BCUT2D eigenvalue weighted by molar-refractivity contribution is 5.92. The Kier molecular flexibility index (Phi) is 4.06. The number of nitrogens with one attached hydrogen (secondary N) is 2. The van der Waals surface area contributed by atoms with Gasteiger partial charge in [0.05, 0.1) is 5.92 Å². The fourth-order valence-corrected chi connectivity index (χ4v) is 2.65. The third-order valence-electron chi connectivity index (χ3n) is 4.02. The molecule has 0 saturated heterocycles. The van der Waals surface area contributed by atoms with Crippen LogP contribution in [-0.2, 0) is 4.79 Å². The second kappa shape index (κ2) is 5.46. The van der Waals surface area contributed by atoms with Crippen molar-refractivity contribution in [3.05, 3.63) is 11.3 Å². The van der Waals surface area contributed by atoms with Crippen molar-refractivity contribution in [1.82, 2.24) is 10.2 Å². The van der Waals surface area contributed by atoms with E-state index in [1.807, 2.05) is 0 Å². The van der Waals surface area contributed by atoms with Gasteiger partial charge in [0.1, 0.15) is 0 Å². The van der Waals surface area contributed by atoms with E-state index in [2.05, 4.69) is 15.5 Å². The molecule has 1 saturated carbocycles. The predicted molar refractivity (Wildman–Crippen MR) is 68.2 cm³/mol. The Hall–Kier alpha value is -1.53. The summed E-state index contributed by atoms with van der Waals surface area (Å²) in [6.07, 6.45) is -2.84. The monoisotopic (exact) mass is 289 g/mol. The summed E-state index contributed by atoms with van der Waals surface area (Å²) in [4.78, 5) is 12.1. The van der Waals surface area contributed by atoms with Crippen LogP contribution in [0.15, 0.2) is 0 Å². The van der Waals surface area contributed by atoms with Gasteiger partial charge in [-0.1, -0.05) is 12.8 Å². The van der Waals surface area contributed by atoms with Crippen LogP contribution in [0.4, 0.5) is 19.0 Å². The maximum absolute atomic E-state index is 13.0. The molecule has 1 amide bonds. The van der Waals surface area contributed by atoms with Crippen LogP contribution >= 0.6 is 0 Å². The van der Waals surface area contributed by atoms with E-state index in [1.165, 1.54) is 0 Å². The van der Waals surface area contributed by atoms with Gasteiger partial charge in [0.2, 0.25) is 5.91 Å². The minimum atomic E-state index is -4.32. The Morgan fingerprint density at radius 3 is 2.50 bits per heavy atom. The minimum absolute atomic E-state index is 0.0279. The highest BCUT2D eigenvalue weighted by atomic mass is 19.4. The molecule has 2 atom stereocenters. The van der Waals surface area contributed by atoms with Crippen LogP contribution < -0.4 is 5.32 Å². The number of anilines is 1. The van der Waals surface area contributed by atoms with Crippen LogP contribution in [0, 0.1) is 25.7 Å². The molecule has 2 N–H and O–H groups in total. The number of carbonyl (C=O) groups is 1. The van der Waals surface area contributed by atoms with Gasteiger partial charge in [0, 0.05) is 17.2 Å². The summed E-state index contributed by atoms with van der Waals surface area (Å²) in [5, 5.41) is 9.12. The molecular formula is C13H18F3N3O. The van der Waals surface area contributed by atoms with Crippen LogP contribution in [-0.4, -0.2) is 22.3 Å². The SMILES string of the molecule is Cc1[nH]nc(NC(=O)C2CCCCC2C(F)(F)F)c1C. The number of hydrogen-bond acceptors (Lipinski definition) is 2. The lowest BCUT2D eigenvalue weighted by Gasteiger charge is -2.31. The zero-order valence-corrected chi connectivity index (χ0v) is 11.5. The molecule has 7 heteroatoms. The Labute approximate surface area is 115 Å². The second-order valence-corrected chi connectivity index (χ2v) is 5.35. The van der Waals surface area contributed by atoms with Gasteiger partial charge in [0.15, 0.2) is 5.82 Å². The van der Waals surface area contributed by atoms with Crippen LogP contribution in [0.1, 0.15) is 36.9 Å². The fraction of sp³-hybridized carbons (Fsp3) is 0.692. The van der Waals surface area contributed by atoms with Crippen molar-refractivity contribution >= 4 is 11.7 Å². The number of nitrogens with zero attached hydrogens (tertiary/aromatic N) is 1. The molecule has 1 aliphatic carbocycles. The highest BCUT2D eigenvalue weighted by Gasteiger charge is 2.48. The topological polar surface area (TPSA) is 57.8 Å². The molecule has 1 fully saturated rings. The van der Waals surface area contributed by atoms with Crippen molar-refractivity contribution in [2.45, 2.75) is 45.7 Å². The summed E-state index contributed by atoms with van der Waals surface area (Å²) in [7, 11) is 0. The van der Waals surface area contributed by atoms with E-state index in [0.717, 1.165) is 11.3 Å². The van der Waals surface area contributed by atoms with Gasteiger partial charge in [-0.25, -0.2) is 0 Å². The Morgan fingerprint density at radius 1 is 1.30 bits per heavy atom. The van der Waals surface area contributed by atoms with Crippen LogP contribution in [0.3, 0.4) is 0 Å². The number of aryl methyl sites for hydroxylation is 1. The quantitative estimate of drug-likeness (QED) is 0.877. The van der Waals surface area contributed by atoms with Crippen molar-refractivity contribution in [2.24, 2.45) is 11.8 Å². The molecule has 0 radical (unpaired) electrons. The summed E-state index contributed by atoms with van der Waals surface area (Å²) in [5.41, 5.74) is 1.54. The normalized spacial score (nSPS) is 23.6. The van der Waals surface area contributed by atoms with E-state index in [0.29, 0.717) is 18.7 Å². The van der Waals surface area contributed by atoms with E-state index in [-0.39, 0.29) is 12.8 Å². The third-order valence-corrected chi connectivity index (χ3v) is 4.02. The Balaban J connectivity index is 2.12. The van der Waals surface area contributed by atoms with Crippen molar-refractivity contribution in [3.63, 3.8) is 0 Å². The first-order valence-corrected chi connectivity index (χ1v) is 6.70. The van der Waals surface area contributed by atoms with Gasteiger partial charge < -0.3 is 5.32 Å². The molecular weight excluding hydrogens is 271 g/mol. The van der Waals surface area contributed by atoms with Gasteiger partial charge in [-0.2, -0.15) is 18.3 Å². The summed E-state index contributed by atoms with van der Waals surface area (Å²) in [6, 6.07) is 0. The molecule has 2 unspecified atom stereocenters. The number of aromatic nitrogens is 2. The van der Waals surface area contributed by atoms with Crippen LogP contribution in [0.25, 0.3) is 0 Å². The first kappa shape index (κ1) is 14.9. The standard InChI is InChI=1S/C13H18F3N3O/c1-7-8(2)18-19-11(7)17-12(20)9-5-3-4-6-10(9)13(14,15)16/h9-10H,3-6H2,1-2H3,(H2,17,18,19,20). The average molecular weight is 289 g/mol. The van der Waals surface area contributed by atoms with Crippen molar-refractivity contribution in [1.29, 1.82) is 0 Å². The molecule has 1 heterocycles. The van der Waals surface area contributed by atoms with Gasteiger partial charge >= 0.3 is 6.18 Å². The van der Waals surface area contributed by atoms with E-state index in [1.54, 1.807) is 13.8 Å². The zero-order valence-electron chi connectivity index (χ0n) is 11.5. The number of alkyl halides is 3. The smallest absolute Gasteiger partial charge is 0.309 e. The Morgan fingerprint density at radius 2 is 1.95 bits per heavy atom. The predicted octanol–water partition coefficient (Wildman–Crippen LogP) is 3.33. The maximum atomic E-state index is 13.0.